The summed E-state index contributed by atoms with van der Waals surface area (Å²) in [5.74, 6) is 3.17. The quantitative estimate of drug-likeness (QED) is 0.603. The van der Waals surface area contributed by atoms with Gasteiger partial charge in [-0.2, -0.15) is 0 Å². The molecule has 0 fully saturated rings. The van der Waals surface area contributed by atoms with Gasteiger partial charge in [-0.1, -0.05) is 30.3 Å². The van der Waals surface area contributed by atoms with Crippen LogP contribution in [0.1, 0.15) is 5.56 Å². The molecule has 7 heteroatoms. The molecule has 0 saturated heterocycles. The smallest absolute Gasteiger partial charge is 0.231 e. The Hall–Kier alpha value is -2.96. The van der Waals surface area contributed by atoms with Gasteiger partial charge in [-0.15, -0.1) is 12.4 Å². The highest BCUT2D eigenvalue weighted by atomic mass is 35.5. The zero-order chi connectivity index (χ0) is 19.6. The monoisotopic (exact) mass is 426 g/mol. The minimum Gasteiger partial charge on any atom is -0.490 e. The summed E-state index contributed by atoms with van der Waals surface area (Å²) in [5, 5.41) is 5.63. The van der Waals surface area contributed by atoms with Gasteiger partial charge in [-0.05, 0) is 34.5 Å². The average molecular weight is 427 g/mol. The number of nitrogens with one attached hydrogen (secondary N) is 1. The molecule has 0 saturated carbocycles. The minimum absolute atomic E-state index is 0. The molecular formula is C23H23ClN2O4. The van der Waals surface area contributed by atoms with Gasteiger partial charge >= 0.3 is 0 Å². The fourth-order valence-electron chi connectivity index (χ4n) is 3.80. The van der Waals surface area contributed by atoms with E-state index < -0.39 is 0 Å². The number of fused-ring (bicyclic) bond motifs is 2. The molecule has 0 aliphatic carbocycles. The van der Waals surface area contributed by atoms with Gasteiger partial charge in [0.1, 0.15) is 18.2 Å². The molecule has 0 spiro atoms. The van der Waals surface area contributed by atoms with Gasteiger partial charge in [0.2, 0.25) is 6.79 Å². The normalized spacial score (nSPS) is 14.2. The molecule has 2 heterocycles. The van der Waals surface area contributed by atoms with E-state index in [0.29, 0.717) is 13.2 Å². The molecule has 6 nitrogen and oxygen atoms in total. The summed E-state index contributed by atoms with van der Waals surface area (Å²) >= 11 is 0. The van der Waals surface area contributed by atoms with Crippen LogP contribution in [0, 0.1) is 0 Å². The highest BCUT2D eigenvalue weighted by molar-refractivity contribution is 6.11. The third kappa shape index (κ3) is 3.64. The number of aliphatic imine (C=N–C) groups is 1. The van der Waals surface area contributed by atoms with Crippen LogP contribution in [0.3, 0.4) is 0 Å². The fourth-order valence-corrected chi connectivity index (χ4v) is 3.80. The van der Waals surface area contributed by atoms with Gasteiger partial charge in [0.15, 0.2) is 11.5 Å². The first-order valence-corrected chi connectivity index (χ1v) is 9.71. The standard InChI is InChI=1S/C23H22N2O4.ClH/c1-26-10-11-27-22-18(23-24-8-9-25-23)12-15-4-2-3-5-17(15)21(22)16-6-7-19-20(13-16)29-14-28-19;/h2-7,12-13H,8-11,14H2,1H3,(H,24,25);1H. The Morgan fingerprint density at radius 2 is 1.90 bits per heavy atom. The first kappa shape index (κ1) is 20.3. The van der Waals surface area contributed by atoms with E-state index in [1.165, 1.54) is 0 Å². The van der Waals surface area contributed by atoms with Crippen molar-refractivity contribution in [2.45, 2.75) is 0 Å². The van der Waals surface area contributed by atoms with E-state index in [1.54, 1.807) is 7.11 Å². The van der Waals surface area contributed by atoms with E-state index in [9.17, 15) is 0 Å². The number of benzene rings is 3. The molecule has 3 aromatic rings. The van der Waals surface area contributed by atoms with E-state index in [4.69, 9.17) is 18.9 Å². The van der Waals surface area contributed by atoms with Crippen LogP contribution in [0.2, 0.25) is 0 Å². The van der Waals surface area contributed by atoms with Crippen molar-refractivity contribution in [1.29, 1.82) is 0 Å². The van der Waals surface area contributed by atoms with E-state index in [1.807, 2.05) is 30.3 Å². The van der Waals surface area contributed by atoms with E-state index in [2.05, 4.69) is 28.5 Å². The van der Waals surface area contributed by atoms with Crippen LogP contribution in [0.4, 0.5) is 0 Å². The molecule has 30 heavy (non-hydrogen) atoms. The Labute approximate surface area is 181 Å². The molecule has 3 aromatic carbocycles. The van der Waals surface area contributed by atoms with Crippen molar-refractivity contribution in [3.63, 3.8) is 0 Å². The molecule has 0 bridgehead atoms. The molecular weight excluding hydrogens is 404 g/mol. The first-order valence-electron chi connectivity index (χ1n) is 9.71. The maximum absolute atomic E-state index is 6.29. The average Bonchev–Trinajstić information content (AvgIpc) is 3.44. The summed E-state index contributed by atoms with van der Waals surface area (Å²) in [6.07, 6.45) is 0. The van der Waals surface area contributed by atoms with Crippen LogP contribution in [0.25, 0.3) is 21.9 Å². The predicted octanol–water partition coefficient (Wildman–Crippen LogP) is 4.03. The van der Waals surface area contributed by atoms with Crippen molar-refractivity contribution < 1.29 is 18.9 Å². The number of nitrogens with zero attached hydrogens (tertiary/aromatic N) is 1. The summed E-state index contributed by atoms with van der Waals surface area (Å²) in [5.41, 5.74) is 2.99. The van der Waals surface area contributed by atoms with Gasteiger partial charge in [0.05, 0.1) is 18.7 Å². The van der Waals surface area contributed by atoms with Crippen LogP contribution in [-0.4, -0.2) is 46.0 Å². The van der Waals surface area contributed by atoms with Crippen molar-refractivity contribution >= 4 is 29.0 Å². The van der Waals surface area contributed by atoms with Crippen LogP contribution >= 0.6 is 12.4 Å². The number of methoxy groups -OCH3 is 1. The lowest BCUT2D eigenvalue weighted by atomic mass is 9.93. The Kier molecular flexibility index (Phi) is 5.97. The topological polar surface area (TPSA) is 61.3 Å². The Morgan fingerprint density at radius 1 is 1.03 bits per heavy atom. The number of hydrogen-bond donors (Lipinski definition) is 1. The largest absolute Gasteiger partial charge is 0.490 e. The van der Waals surface area contributed by atoms with Crippen LogP contribution in [0.5, 0.6) is 17.2 Å². The molecule has 2 aliphatic rings. The second-order valence-corrected chi connectivity index (χ2v) is 6.92. The Morgan fingerprint density at radius 3 is 2.73 bits per heavy atom. The van der Waals surface area contributed by atoms with Crippen molar-refractivity contribution in [2.24, 2.45) is 4.99 Å². The number of hydrogen-bond acceptors (Lipinski definition) is 6. The summed E-state index contributed by atoms with van der Waals surface area (Å²) in [6.45, 7) is 2.80. The summed E-state index contributed by atoms with van der Waals surface area (Å²) < 4.78 is 22.6. The van der Waals surface area contributed by atoms with Crippen molar-refractivity contribution in [3.05, 3.63) is 54.1 Å². The van der Waals surface area contributed by atoms with Gasteiger partial charge in [0, 0.05) is 19.2 Å². The third-order valence-electron chi connectivity index (χ3n) is 5.13. The zero-order valence-corrected chi connectivity index (χ0v) is 17.5. The van der Waals surface area contributed by atoms with Gasteiger partial charge < -0.3 is 24.3 Å². The molecule has 0 unspecified atom stereocenters. The van der Waals surface area contributed by atoms with Crippen molar-refractivity contribution in [3.8, 4) is 28.4 Å². The van der Waals surface area contributed by atoms with Crippen LogP contribution in [-0.2, 0) is 4.74 Å². The van der Waals surface area contributed by atoms with Crippen LogP contribution < -0.4 is 19.5 Å². The Bertz CT molecular complexity index is 1100. The lowest BCUT2D eigenvalue weighted by molar-refractivity contribution is 0.146. The van der Waals surface area contributed by atoms with Crippen molar-refractivity contribution in [2.75, 3.05) is 40.2 Å². The molecule has 0 amide bonds. The van der Waals surface area contributed by atoms with Gasteiger partial charge in [0.25, 0.3) is 0 Å². The second kappa shape index (κ2) is 8.81. The van der Waals surface area contributed by atoms with Crippen molar-refractivity contribution in [1.82, 2.24) is 5.32 Å². The summed E-state index contributed by atoms with van der Waals surface area (Å²) in [7, 11) is 1.67. The van der Waals surface area contributed by atoms with Gasteiger partial charge in [-0.3, -0.25) is 4.99 Å². The maximum Gasteiger partial charge on any atom is 0.231 e. The van der Waals surface area contributed by atoms with E-state index in [-0.39, 0.29) is 19.2 Å². The third-order valence-corrected chi connectivity index (χ3v) is 5.13. The molecule has 0 aromatic heterocycles. The zero-order valence-electron chi connectivity index (χ0n) is 16.6. The van der Waals surface area contributed by atoms with E-state index in [0.717, 1.165) is 63.6 Å². The SMILES string of the molecule is COCCOc1c(C2=NCCN2)cc2ccccc2c1-c1ccc2c(c1)OCO2.Cl. The predicted molar refractivity (Wildman–Crippen MR) is 120 cm³/mol. The molecule has 5 rings (SSSR count). The number of ether oxygens (including phenoxy) is 4. The highest BCUT2D eigenvalue weighted by Crippen LogP contribution is 2.44. The highest BCUT2D eigenvalue weighted by Gasteiger charge is 2.23. The van der Waals surface area contributed by atoms with Crippen LogP contribution in [0.15, 0.2) is 53.5 Å². The first-order chi connectivity index (χ1) is 14.3. The molecule has 0 atom stereocenters. The lowest BCUT2D eigenvalue weighted by Crippen LogP contribution is -2.21. The molecule has 156 valence electrons. The number of halogens is 1. The molecule has 1 N–H and O–H groups in total. The van der Waals surface area contributed by atoms with Gasteiger partial charge in [-0.25, -0.2) is 0 Å². The minimum atomic E-state index is 0. The maximum atomic E-state index is 6.29. The summed E-state index contributed by atoms with van der Waals surface area (Å²) in [4.78, 5) is 4.64. The molecule has 0 radical (unpaired) electrons. The Balaban J connectivity index is 0.00000218. The van der Waals surface area contributed by atoms with E-state index >= 15 is 0 Å². The molecule has 2 aliphatic heterocycles. The number of amidine groups is 1. The number of rotatable bonds is 6. The lowest BCUT2D eigenvalue weighted by Gasteiger charge is -2.19. The fraction of sp³-hybridized carbons (Fsp3) is 0.261. The summed E-state index contributed by atoms with van der Waals surface area (Å²) in [6, 6.07) is 16.5. The second-order valence-electron chi connectivity index (χ2n) is 6.92.